The fraction of sp³-hybridized carbons (Fsp3) is 0.188. The van der Waals surface area contributed by atoms with Crippen LogP contribution in [0.4, 0.5) is 10.1 Å². The van der Waals surface area contributed by atoms with Gasteiger partial charge in [0.05, 0.1) is 16.5 Å². The minimum atomic E-state index is -0.794. The summed E-state index contributed by atoms with van der Waals surface area (Å²) in [5.74, 6) is -0.861. The van der Waals surface area contributed by atoms with Crippen molar-refractivity contribution >= 4 is 34.0 Å². The van der Waals surface area contributed by atoms with Crippen molar-refractivity contribution in [3.8, 4) is 11.3 Å². The molecular weight excluding hydrogens is 493 g/mol. The van der Waals surface area contributed by atoms with E-state index in [0.717, 1.165) is 24.0 Å². The van der Waals surface area contributed by atoms with Crippen molar-refractivity contribution in [2.45, 2.75) is 31.7 Å². The molecule has 6 nitrogen and oxygen atoms in total. The van der Waals surface area contributed by atoms with Gasteiger partial charge in [-0.25, -0.2) is 4.39 Å². The topological polar surface area (TPSA) is 111 Å². The van der Waals surface area contributed by atoms with Crippen LogP contribution in [0.2, 0.25) is 0 Å². The van der Waals surface area contributed by atoms with E-state index in [1.807, 2.05) is 43.4 Å². The molecule has 7 heteroatoms. The smallest absolute Gasteiger partial charge is 0.253 e. The largest absolute Gasteiger partial charge is 0.455 e. The van der Waals surface area contributed by atoms with E-state index in [4.69, 9.17) is 15.9 Å². The predicted molar refractivity (Wildman–Crippen MR) is 150 cm³/mol. The van der Waals surface area contributed by atoms with Crippen LogP contribution in [0.25, 0.3) is 27.9 Å². The molecule has 3 aromatic carbocycles. The molecule has 0 saturated heterocycles. The van der Waals surface area contributed by atoms with E-state index in [0.29, 0.717) is 34.2 Å². The van der Waals surface area contributed by atoms with Crippen LogP contribution in [0.1, 0.15) is 47.7 Å². The second kappa shape index (κ2) is 8.98. The quantitative estimate of drug-likeness (QED) is 0.267. The average Bonchev–Trinajstić information content (AvgIpc) is 3.61. The van der Waals surface area contributed by atoms with Gasteiger partial charge >= 0.3 is 0 Å². The number of benzene rings is 3. The molecule has 1 fully saturated rings. The zero-order valence-electron chi connectivity index (χ0n) is 21.5. The molecule has 1 aromatic heterocycles. The maximum atomic E-state index is 13.6. The van der Waals surface area contributed by atoms with Gasteiger partial charge < -0.3 is 21.2 Å². The number of rotatable bonds is 6. The summed E-state index contributed by atoms with van der Waals surface area (Å²) in [4.78, 5) is 26.2. The Bertz CT molecular complexity index is 1680. The number of nitrogens with two attached hydrogens (primary N) is 2. The summed E-state index contributed by atoms with van der Waals surface area (Å²) in [7, 11) is 0. The Morgan fingerprint density at radius 2 is 1.74 bits per heavy atom. The second-order valence-electron chi connectivity index (χ2n) is 10.7. The Balaban J connectivity index is 1.33. The van der Waals surface area contributed by atoms with Crippen molar-refractivity contribution in [3.05, 3.63) is 107 Å². The van der Waals surface area contributed by atoms with Crippen molar-refractivity contribution in [2.24, 2.45) is 11.1 Å². The molecule has 6 rings (SSSR count). The number of carbonyl (C=O) groups excluding carboxylic acids is 2. The van der Waals surface area contributed by atoms with Crippen molar-refractivity contribution in [1.82, 2.24) is 5.32 Å². The van der Waals surface area contributed by atoms with Gasteiger partial charge in [0.1, 0.15) is 17.2 Å². The van der Waals surface area contributed by atoms with Gasteiger partial charge in [-0.1, -0.05) is 48.6 Å². The zero-order chi connectivity index (χ0) is 27.4. The molecule has 1 unspecified atom stereocenters. The summed E-state index contributed by atoms with van der Waals surface area (Å²) in [5.41, 5.74) is 15.4. The number of halogens is 1. The Kier molecular flexibility index (Phi) is 5.68. The molecule has 1 saturated carbocycles. The summed E-state index contributed by atoms with van der Waals surface area (Å²) >= 11 is 0. The Hall–Kier alpha value is -4.65. The number of nitrogens with one attached hydrogen (secondary N) is 1. The minimum absolute atomic E-state index is 0.0508. The van der Waals surface area contributed by atoms with Gasteiger partial charge in [-0.15, -0.1) is 0 Å². The van der Waals surface area contributed by atoms with Crippen molar-refractivity contribution in [1.29, 1.82) is 0 Å². The molecular formula is C32H28FN3O3. The maximum absolute atomic E-state index is 13.6. The van der Waals surface area contributed by atoms with E-state index in [2.05, 4.69) is 17.4 Å². The molecule has 5 N–H and O–H groups in total. The molecule has 2 aliphatic rings. The minimum Gasteiger partial charge on any atom is -0.455 e. The molecule has 4 aromatic rings. The van der Waals surface area contributed by atoms with Crippen LogP contribution in [-0.2, 0) is 10.3 Å². The first-order valence-corrected chi connectivity index (χ1v) is 12.9. The van der Waals surface area contributed by atoms with E-state index in [1.165, 1.54) is 24.3 Å². The van der Waals surface area contributed by atoms with Crippen molar-refractivity contribution in [2.75, 3.05) is 5.73 Å². The zero-order valence-corrected chi connectivity index (χ0v) is 21.5. The molecule has 0 radical (unpaired) electrons. The normalized spacial score (nSPS) is 19.5. The Morgan fingerprint density at radius 1 is 1.03 bits per heavy atom. The molecule has 39 heavy (non-hydrogen) atoms. The first kappa shape index (κ1) is 24.7. The number of carbonyl (C=O) groups is 2. The highest BCUT2D eigenvalue weighted by Gasteiger charge is 2.48. The van der Waals surface area contributed by atoms with Gasteiger partial charge in [0.2, 0.25) is 5.91 Å². The third kappa shape index (κ3) is 4.30. The number of primary amides is 1. The lowest BCUT2D eigenvalue weighted by atomic mass is 9.76. The number of hydrogen-bond acceptors (Lipinski definition) is 4. The summed E-state index contributed by atoms with van der Waals surface area (Å²) in [6.45, 7) is 1.92. The van der Waals surface area contributed by atoms with Crippen molar-refractivity contribution < 1.29 is 18.4 Å². The third-order valence-electron chi connectivity index (χ3n) is 7.83. The number of allylic oxidation sites excluding steroid dienone is 3. The second-order valence-corrected chi connectivity index (χ2v) is 10.7. The van der Waals surface area contributed by atoms with Crippen LogP contribution in [0.3, 0.4) is 0 Å². The monoisotopic (exact) mass is 521 g/mol. The number of hydrogen-bond donors (Lipinski definition) is 3. The van der Waals surface area contributed by atoms with Gasteiger partial charge in [0.25, 0.3) is 5.91 Å². The highest BCUT2D eigenvalue weighted by Crippen LogP contribution is 2.47. The molecule has 196 valence electrons. The summed E-state index contributed by atoms with van der Waals surface area (Å²) in [6, 6.07) is 19.1. The number of amides is 2. The van der Waals surface area contributed by atoms with E-state index < -0.39 is 17.1 Å². The van der Waals surface area contributed by atoms with E-state index in [1.54, 1.807) is 12.1 Å². The Morgan fingerprint density at radius 3 is 2.41 bits per heavy atom. The number of fused-ring (bicyclic) bond motifs is 1. The fourth-order valence-corrected chi connectivity index (χ4v) is 5.45. The van der Waals surface area contributed by atoms with Crippen LogP contribution in [-0.4, -0.2) is 11.8 Å². The standard InChI is InChI=1S/C32H28FN3O3/c1-31(30(38)36-32(14-15-32)21-7-3-2-4-8-21)13-5-6-20(18-31)23-16-24-26(17-25(23)34)39-28(27(24)29(35)37)19-9-11-22(33)12-10-19/h2-13,16-17H,14-15,18,34H2,1H3,(H2,35,37)(H,36,38). The summed E-state index contributed by atoms with van der Waals surface area (Å²) in [6.07, 6.45) is 7.95. The van der Waals surface area contributed by atoms with Crippen LogP contribution in [0, 0.1) is 11.2 Å². The highest BCUT2D eigenvalue weighted by atomic mass is 19.1. The van der Waals surface area contributed by atoms with Crippen LogP contribution < -0.4 is 16.8 Å². The van der Waals surface area contributed by atoms with Crippen LogP contribution in [0.15, 0.2) is 89.4 Å². The third-order valence-corrected chi connectivity index (χ3v) is 7.83. The fourth-order valence-electron chi connectivity index (χ4n) is 5.45. The lowest BCUT2D eigenvalue weighted by Gasteiger charge is -2.31. The molecule has 0 spiro atoms. The molecule has 0 bridgehead atoms. The molecule has 2 amide bonds. The molecule has 1 heterocycles. The predicted octanol–water partition coefficient (Wildman–Crippen LogP) is 6.08. The van der Waals surface area contributed by atoms with Gasteiger partial charge in [-0.2, -0.15) is 0 Å². The lowest BCUT2D eigenvalue weighted by molar-refractivity contribution is -0.128. The van der Waals surface area contributed by atoms with Gasteiger partial charge in [0, 0.05) is 28.3 Å². The maximum Gasteiger partial charge on any atom is 0.253 e. The first-order valence-electron chi connectivity index (χ1n) is 12.9. The SMILES string of the molecule is CC1(C(=O)NC2(c3ccccc3)CC2)C=CC=C(c2cc3c(C(N)=O)c(-c4ccc(F)cc4)oc3cc2N)C1. The van der Waals surface area contributed by atoms with E-state index in [9.17, 15) is 14.0 Å². The highest BCUT2D eigenvalue weighted by molar-refractivity contribution is 6.12. The van der Waals surface area contributed by atoms with Gasteiger partial charge in [0.15, 0.2) is 0 Å². The van der Waals surface area contributed by atoms with Crippen molar-refractivity contribution in [3.63, 3.8) is 0 Å². The van der Waals surface area contributed by atoms with Gasteiger partial charge in [-0.3, -0.25) is 9.59 Å². The lowest BCUT2D eigenvalue weighted by Crippen LogP contribution is -2.44. The summed E-state index contributed by atoms with van der Waals surface area (Å²) in [5, 5.41) is 3.82. The summed E-state index contributed by atoms with van der Waals surface area (Å²) < 4.78 is 19.5. The molecule has 0 aliphatic heterocycles. The number of furan rings is 1. The van der Waals surface area contributed by atoms with E-state index >= 15 is 0 Å². The number of nitrogen functional groups attached to an aromatic ring is 1. The molecule has 2 aliphatic carbocycles. The molecule has 1 atom stereocenters. The van der Waals surface area contributed by atoms with Crippen LogP contribution >= 0.6 is 0 Å². The van der Waals surface area contributed by atoms with E-state index in [-0.39, 0.29) is 22.8 Å². The average molecular weight is 522 g/mol. The number of anilines is 1. The van der Waals surface area contributed by atoms with Crippen LogP contribution in [0.5, 0.6) is 0 Å². The Labute approximate surface area is 225 Å². The first-order chi connectivity index (χ1) is 18.7. The van der Waals surface area contributed by atoms with Gasteiger partial charge in [-0.05, 0) is 67.7 Å².